The number of anilines is 1. The summed E-state index contributed by atoms with van der Waals surface area (Å²) in [7, 11) is 0. The molecule has 0 saturated carbocycles. The maximum Gasteiger partial charge on any atom is 0.161 e. The number of carbonyl (C=O) groups excluding carboxylic acids is 1. The highest BCUT2D eigenvalue weighted by Gasteiger charge is 2.43. The van der Waals surface area contributed by atoms with E-state index < -0.39 is 5.92 Å². The van der Waals surface area contributed by atoms with Gasteiger partial charge in [0.15, 0.2) is 5.78 Å². The number of halogens is 3. The van der Waals surface area contributed by atoms with E-state index in [1.54, 1.807) is 59.1 Å². The summed E-state index contributed by atoms with van der Waals surface area (Å²) in [6.45, 7) is 0. The molecule has 0 amide bonds. The van der Waals surface area contributed by atoms with E-state index in [-0.39, 0.29) is 17.4 Å². The van der Waals surface area contributed by atoms with Crippen molar-refractivity contribution in [2.75, 3.05) is 11.2 Å². The fourth-order valence-electron chi connectivity index (χ4n) is 5.04. The summed E-state index contributed by atoms with van der Waals surface area (Å²) in [6.07, 6.45) is 3.70. The third-order valence-electron chi connectivity index (χ3n) is 6.68. The third-order valence-corrected chi connectivity index (χ3v) is 8.11. The van der Waals surface area contributed by atoms with Crippen LogP contribution in [-0.4, -0.2) is 23.0 Å². The van der Waals surface area contributed by atoms with Crippen LogP contribution >= 0.6 is 46.6 Å². The molecule has 3 aromatic rings. The topological polar surface area (TPSA) is 64.4 Å². The van der Waals surface area contributed by atoms with Crippen LogP contribution in [-0.2, 0) is 4.79 Å². The number of amidine groups is 1. The summed E-state index contributed by atoms with van der Waals surface area (Å²) in [5.41, 5.74) is 3.58. The van der Waals surface area contributed by atoms with Gasteiger partial charge in [-0.15, -0.1) is 11.8 Å². The smallest absolute Gasteiger partial charge is 0.161 e. The van der Waals surface area contributed by atoms with Gasteiger partial charge in [0.05, 0.1) is 5.69 Å². The highest BCUT2D eigenvalue weighted by atomic mass is 35.5. The lowest BCUT2D eigenvalue weighted by molar-refractivity contribution is -0.116. The molecule has 1 heterocycles. The van der Waals surface area contributed by atoms with Crippen LogP contribution in [0.3, 0.4) is 0 Å². The molecule has 3 aromatic carbocycles. The molecule has 0 saturated heterocycles. The summed E-state index contributed by atoms with van der Waals surface area (Å²) >= 11 is 20.4. The first-order valence-corrected chi connectivity index (χ1v) is 14.1. The summed E-state index contributed by atoms with van der Waals surface area (Å²) in [5, 5.41) is 22.4. The van der Waals surface area contributed by atoms with Crippen LogP contribution < -0.4 is 4.90 Å². The molecule has 2 aliphatic rings. The normalized spacial score (nSPS) is 19.2. The Morgan fingerprint density at radius 2 is 1.59 bits per heavy atom. The van der Waals surface area contributed by atoms with Gasteiger partial charge in [-0.1, -0.05) is 46.9 Å². The van der Waals surface area contributed by atoms with Gasteiger partial charge in [-0.25, -0.2) is 0 Å². The number of hydrogen-bond donors (Lipinski definition) is 2. The zero-order valence-corrected chi connectivity index (χ0v) is 23.0. The second-order valence-corrected chi connectivity index (χ2v) is 11.1. The molecule has 1 unspecified atom stereocenters. The van der Waals surface area contributed by atoms with Crippen molar-refractivity contribution in [3.8, 4) is 0 Å². The molecule has 0 fully saturated rings. The number of benzene rings is 3. The van der Waals surface area contributed by atoms with E-state index in [4.69, 9.17) is 34.8 Å². The van der Waals surface area contributed by atoms with E-state index in [0.29, 0.717) is 56.7 Å². The first-order chi connectivity index (χ1) is 17.8. The Balaban J connectivity index is 1.82. The number of allylic oxidation sites excluding steroid dienone is 2. The molecular weight excluding hydrogens is 547 g/mol. The number of hydrogen-bond acceptors (Lipinski definition) is 4. The summed E-state index contributed by atoms with van der Waals surface area (Å²) < 4.78 is 0. The number of aliphatic hydroxyl groups excluding tert-OH is 1. The highest BCUT2D eigenvalue weighted by molar-refractivity contribution is 7.98. The van der Waals surface area contributed by atoms with E-state index in [9.17, 15) is 15.3 Å². The van der Waals surface area contributed by atoms with E-state index >= 15 is 0 Å². The maximum absolute atomic E-state index is 13.6. The lowest BCUT2D eigenvalue weighted by Crippen LogP contribution is -2.42. The second kappa shape index (κ2) is 10.6. The van der Waals surface area contributed by atoms with Gasteiger partial charge in [0.1, 0.15) is 11.6 Å². The first kappa shape index (κ1) is 25.9. The molecule has 5 rings (SSSR count). The minimum Gasteiger partial charge on any atom is -0.507 e. The van der Waals surface area contributed by atoms with Crippen molar-refractivity contribution in [2.24, 2.45) is 0 Å². The first-order valence-electron chi connectivity index (χ1n) is 11.7. The fraction of sp³-hybridized carbons (Fsp3) is 0.172. The second-order valence-electron chi connectivity index (χ2n) is 8.92. The Morgan fingerprint density at radius 1 is 0.946 bits per heavy atom. The van der Waals surface area contributed by atoms with Gasteiger partial charge in [0.25, 0.3) is 0 Å². The Hall–Kier alpha value is -2.70. The Kier molecular flexibility index (Phi) is 7.42. The Bertz CT molecular complexity index is 1440. The Labute approximate surface area is 235 Å². The molecule has 4 nitrogen and oxygen atoms in total. The van der Waals surface area contributed by atoms with E-state index in [2.05, 4.69) is 0 Å². The van der Waals surface area contributed by atoms with Crippen molar-refractivity contribution in [3.05, 3.63) is 110 Å². The number of ketones is 1. The number of aliphatic hydroxyl groups is 1. The zero-order valence-electron chi connectivity index (χ0n) is 19.9. The predicted octanol–water partition coefficient (Wildman–Crippen LogP) is 8.93. The molecule has 0 radical (unpaired) electrons. The van der Waals surface area contributed by atoms with Crippen molar-refractivity contribution >= 4 is 69.6 Å². The van der Waals surface area contributed by atoms with Crippen molar-refractivity contribution in [2.45, 2.75) is 30.1 Å². The summed E-state index contributed by atoms with van der Waals surface area (Å²) in [6, 6.07) is 19.8. The van der Waals surface area contributed by atoms with Gasteiger partial charge in [-0.05, 0) is 79.3 Å². The van der Waals surface area contributed by atoms with Crippen LogP contribution in [0.5, 0.6) is 0 Å². The monoisotopic (exact) mass is 568 g/mol. The molecule has 1 aliphatic heterocycles. The van der Waals surface area contributed by atoms with Crippen LogP contribution in [0.25, 0.3) is 5.76 Å². The van der Waals surface area contributed by atoms with Crippen LogP contribution in [0.4, 0.5) is 5.69 Å². The molecule has 8 heteroatoms. The van der Waals surface area contributed by atoms with Crippen LogP contribution in [0, 0.1) is 5.41 Å². The van der Waals surface area contributed by atoms with Gasteiger partial charge in [0, 0.05) is 54.7 Å². The van der Waals surface area contributed by atoms with E-state index in [0.717, 1.165) is 16.2 Å². The van der Waals surface area contributed by atoms with Gasteiger partial charge in [0.2, 0.25) is 0 Å². The molecule has 37 heavy (non-hydrogen) atoms. The lowest BCUT2D eigenvalue weighted by Gasteiger charge is -2.42. The van der Waals surface area contributed by atoms with Crippen molar-refractivity contribution < 1.29 is 9.90 Å². The number of rotatable bonds is 4. The molecular formula is C29H23Cl3N2O2S. The molecule has 188 valence electrons. The molecule has 2 N–H and O–H groups in total. The summed E-state index contributed by atoms with van der Waals surface area (Å²) in [4.78, 5) is 16.4. The van der Waals surface area contributed by atoms with Crippen LogP contribution in [0.15, 0.2) is 88.5 Å². The van der Waals surface area contributed by atoms with Gasteiger partial charge < -0.3 is 5.11 Å². The molecule has 0 spiro atoms. The van der Waals surface area contributed by atoms with Crippen LogP contribution in [0.2, 0.25) is 15.1 Å². The average Bonchev–Trinajstić information content (AvgIpc) is 2.87. The number of nitrogens with one attached hydrogen (secondary N) is 1. The zero-order chi connectivity index (χ0) is 26.3. The van der Waals surface area contributed by atoms with Gasteiger partial charge in [-0.2, -0.15) is 0 Å². The van der Waals surface area contributed by atoms with E-state index in [1.807, 2.05) is 30.5 Å². The quantitative estimate of drug-likeness (QED) is 0.243. The van der Waals surface area contributed by atoms with Crippen molar-refractivity contribution in [3.63, 3.8) is 0 Å². The highest BCUT2D eigenvalue weighted by Crippen LogP contribution is 2.48. The number of thioether (sulfide) groups is 1. The van der Waals surface area contributed by atoms with Gasteiger partial charge >= 0.3 is 0 Å². The van der Waals surface area contributed by atoms with E-state index in [1.165, 1.54) is 0 Å². The summed E-state index contributed by atoms with van der Waals surface area (Å²) in [5.74, 6) is -0.609. The largest absolute Gasteiger partial charge is 0.507 e. The molecule has 1 aliphatic carbocycles. The van der Waals surface area contributed by atoms with Crippen LogP contribution in [0.1, 0.15) is 36.3 Å². The molecule has 0 bridgehead atoms. The number of carbonyl (C=O) groups is 1. The molecule has 1 atom stereocenters. The molecule has 0 aromatic heterocycles. The maximum atomic E-state index is 13.6. The fourth-order valence-corrected chi connectivity index (χ4v) is 6.09. The lowest BCUT2D eigenvalue weighted by atomic mass is 9.73. The Morgan fingerprint density at radius 3 is 2.22 bits per heavy atom. The minimum absolute atomic E-state index is 0.00669. The van der Waals surface area contributed by atoms with Crippen molar-refractivity contribution in [1.29, 1.82) is 5.41 Å². The standard InChI is InChI=1S/C29H23Cl3N2O2S/c1-37-22-11-7-16(8-12-22)25-26-23(3-2-4-24(26)35)34(21-14-19(31)13-20(32)15-21)29(33)27(25)28(36)17-5-9-18(30)10-6-17/h5-15,25,33,36H,2-4H2,1H3/b28-27+,33-29?. The van der Waals surface area contributed by atoms with Gasteiger partial charge in [-0.3, -0.25) is 15.1 Å². The average molecular weight is 570 g/mol. The predicted molar refractivity (Wildman–Crippen MR) is 155 cm³/mol. The number of nitrogens with zero attached hydrogens (tertiary/aromatic N) is 1. The third kappa shape index (κ3) is 4.94. The minimum atomic E-state index is -0.604. The van der Waals surface area contributed by atoms with Crippen molar-refractivity contribution in [1.82, 2.24) is 0 Å². The SMILES string of the molecule is CSc1ccc(C2C3=C(CCCC3=O)N(c3cc(Cl)cc(Cl)c3)C(=N)/C2=C(/O)c2ccc(Cl)cc2)cc1. The number of Topliss-reactive ketones (excluding diaryl/α,β-unsaturated/α-hetero) is 1.